The second kappa shape index (κ2) is 7.54. The second-order valence-corrected chi connectivity index (χ2v) is 5.52. The van der Waals surface area contributed by atoms with Crippen LogP contribution in [0, 0.1) is 6.92 Å². The molecular formula is C17H20N4O3. The van der Waals surface area contributed by atoms with Crippen molar-refractivity contribution in [2.75, 3.05) is 7.05 Å². The van der Waals surface area contributed by atoms with Crippen molar-refractivity contribution < 1.29 is 14.3 Å². The zero-order valence-corrected chi connectivity index (χ0v) is 14.1. The molecule has 24 heavy (non-hydrogen) atoms. The summed E-state index contributed by atoms with van der Waals surface area (Å²) in [5.74, 6) is -0.152. The number of nitrogens with one attached hydrogen (secondary N) is 1. The SMILES string of the molecule is CNC(=O)c1cc(C)cc(-c2ncn(/C=C\C(=O)OC(C)C)n2)c1. The van der Waals surface area contributed by atoms with Gasteiger partial charge >= 0.3 is 5.97 Å². The third kappa shape index (κ3) is 4.52. The minimum atomic E-state index is -0.445. The van der Waals surface area contributed by atoms with E-state index >= 15 is 0 Å². The van der Waals surface area contributed by atoms with E-state index in [0.717, 1.165) is 11.1 Å². The van der Waals surface area contributed by atoms with Crippen molar-refractivity contribution in [1.29, 1.82) is 0 Å². The fourth-order valence-corrected chi connectivity index (χ4v) is 2.08. The molecule has 0 radical (unpaired) electrons. The third-order valence-electron chi connectivity index (χ3n) is 3.05. The van der Waals surface area contributed by atoms with Crippen LogP contribution in [0.1, 0.15) is 29.8 Å². The van der Waals surface area contributed by atoms with Gasteiger partial charge in [-0.2, -0.15) is 0 Å². The quantitative estimate of drug-likeness (QED) is 0.670. The van der Waals surface area contributed by atoms with Crippen LogP contribution in [-0.4, -0.2) is 39.8 Å². The molecule has 2 aromatic rings. The van der Waals surface area contributed by atoms with Gasteiger partial charge in [-0.05, 0) is 44.5 Å². The molecule has 0 aliphatic rings. The number of benzene rings is 1. The van der Waals surface area contributed by atoms with Gasteiger partial charge in [0.1, 0.15) is 6.33 Å². The van der Waals surface area contributed by atoms with Crippen LogP contribution in [0.2, 0.25) is 0 Å². The van der Waals surface area contributed by atoms with Gasteiger partial charge in [0.05, 0.1) is 6.10 Å². The van der Waals surface area contributed by atoms with E-state index in [1.165, 1.54) is 23.3 Å². The van der Waals surface area contributed by atoms with Crippen LogP contribution in [0.15, 0.2) is 30.6 Å². The summed E-state index contributed by atoms with van der Waals surface area (Å²) in [6.07, 6.45) is 4.06. The van der Waals surface area contributed by atoms with Crippen molar-refractivity contribution in [3.8, 4) is 11.4 Å². The first kappa shape index (κ1) is 17.4. The molecule has 0 saturated carbocycles. The first-order valence-electron chi connectivity index (χ1n) is 7.53. The summed E-state index contributed by atoms with van der Waals surface area (Å²) in [5, 5.41) is 6.87. The Morgan fingerprint density at radius 1 is 1.29 bits per heavy atom. The highest BCUT2D eigenvalue weighted by Crippen LogP contribution is 2.19. The van der Waals surface area contributed by atoms with E-state index in [-0.39, 0.29) is 12.0 Å². The highest BCUT2D eigenvalue weighted by Gasteiger charge is 2.10. The highest BCUT2D eigenvalue weighted by atomic mass is 16.5. The lowest BCUT2D eigenvalue weighted by atomic mass is 10.1. The van der Waals surface area contributed by atoms with E-state index < -0.39 is 5.97 Å². The van der Waals surface area contributed by atoms with Gasteiger partial charge in [-0.25, -0.2) is 14.5 Å². The average Bonchev–Trinajstić information content (AvgIpc) is 3.00. The number of amides is 1. The molecule has 0 unspecified atom stereocenters. The molecule has 1 heterocycles. The molecule has 7 nitrogen and oxygen atoms in total. The zero-order valence-electron chi connectivity index (χ0n) is 14.1. The van der Waals surface area contributed by atoms with Crippen molar-refractivity contribution in [3.05, 3.63) is 41.7 Å². The Hall–Kier alpha value is -2.96. The Balaban J connectivity index is 2.21. The second-order valence-electron chi connectivity index (χ2n) is 5.52. The fourth-order valence-electron chi connectivity index (χ4n) is 2.08. The van der Waals surface area contributed by atoms with E-state index in [9.17, 15) is 9.59 Å². The monoisotopic (exact) mass is 328 g/mol. The first-order chi connectivity index (χ1) is 11.4. The summed E-state index contributed by atoms with van der Waals surface area (Å²) in [7, 11) is 1.58. The van der Waals surface area contributed by atoms with E-state index in [2.05, 4.69) is 15.4 Å². The van der Waals surface area contributed by atoms with Gasteiger partial charge in [0.2, 0.25) is 0 Å². The summed E-state index contributed by atoms with van der Waals surface area (Å²) in [6, 6.07) is 5.41. The van der Waals surface area contributed by atoms with Crippen LogP contribution in [0.4, 0.5) is 0 Å². The van der Waals surface area contributed by atoms with E-state index in [0.29, 0.717) is 11.4 Å². The number of ether oxygens (including phenoxy) is 1. The maximum atomic E-state index is 11.8. The maximum absolute atomic E-state index is 11.8. The molecule has 0 atom stereocenters. The third-order valence-corrected chi connectivity index (χ3v) is 3.05. The van der Waals surface area contributed by atoms with Gasteiger partial charge in [0.25, 0.3) is 5.91 Å². The molecule has 7 heteroatoms. The van der Waals surface area contributed by atoms with Crippen LogP contribution in [-0.2, 0) is 9.53 Å². The first-order valence-corrected chi connectivity index (χ1v) is 7.53. The molecule has 1 N–H and O–H groups in total. The van der Waals surface area contributed by atoms with Crippen molar-refractivity contribution >= 4 is 18.1 Å². The van der Waals surface area contributed by atoms with Crippen LogP contribution in [0.3, 0.4) is 0 Å². The number of esters is 1. The molecular weight excluding hydrogens is 308 g/mol. The Labute approximate surface area is 140 Å². The number of aryl methyl sites for hydroxylation is 1. The average molecular weight is 328 g/mol. The summed E-state index contributed by atoms with van der Waals surface area (Å²) < 4.78 is 6.42. The van der Waals surface area contributed by atoms with Gasteiger partial charge in [0.15, 0.2) is 5.82 Å². The molecule has 1 aromatic heterocycles. The van der Waals surface area contributed by atoms with Crippen molar-refractivity contribution in [3.63, 3.8) is 0 Å². The standard InChI is InChI=1S/C17H20N4O3/c1-11(2)24-15(22)5-6-21-10-19-16(20-21)13-7-12(3)8-14(9-13)17(23)18-4/h5-11H,1-4H3,(H,18,23)/b6-5-. The zero-order chi connectivity index (χ0) is 17.7. The van der Waals surface area contributed by atoms with Crippen molar-refractivity contribution in [2.24, 2.45) is 0 Å². The maximum Gasteiger partial charge on any atom is 0.332 e. The van der Waals surface area contributed by atoms with E-state index in [1.807, 2.05) is 13.0 Å². The van der Waals surface area contributed by atoms with Crippen molar-refractivity contribution in [2.45, 2.75) is 26.9 Å². The predicted octanol–water partition coefficient (Wildman–Crippen LogP) is 2.04. The minimum absolute atomic E-state index is 0.171. The summed E-state index contributed by atoms with van der Waals surface area (Å²) in [5.41, 5.74) is 2.20. The molecule has 0 spiro atoms. The predicted molar refractivity (Wildman–Crippen MR) is 90.1 cm³/mol. The van der Waals surface area contributed by atoms with Gasteiger partial charge in [0, 0.05) is 30.5 Å². The van der Waals surface area contributed by atoms with Gasteiger partial charge in [-0.15, -0.1) is 5.10 Å². The van der Waals surface area contributed by atoms with E-state index in [4.69, 9.17) is 4.74 Å². The molecule has 0 saturated heterocycles. The van der Waals surface area contributed by atoms with Crippen LogP contribution >= 0.6 is 0 Å². The van der Waals surface area contributed by atoms with Gasteiger partial charge in [-0.1, -0.05) is 0 Å². The normalized spacial score (nSPS) is 11.0. The lowest BCUT2D eigenvalue weighted by molar-refractivity contribution is -0.141. The molecule has 1 amide bonds. The Bertz CT molecular complexity index is 778. The largest absolute Gasteiger partial charge is 0.460 e. The topological polar surface area (TPSA) is 86.1 Å². The lowest BCUT2D eigenvalue weighted by Crippen LogP contribution is -2.17. The molecule has 1 aromatic carbocycles. The summed E-state index contributed by atoms with van der Waals surface area (Å²) in [4.78, 5) is 27.5. The van der Waals surface area contributed by atoms with Crippen molar-refractivity contribution in [1.82, 2.24) is 20.1 Å². The number of hydrogen-bond acceptors (Lipinski definition) is 5. The molecule has 2 rings (SSSR count). The number of hydrogen-bond donors (Lipinski definition) is 1. The Kier molecular flexibility index (Phi) is 5.47. The van der Waals surface area contributed by atoms with Crippen LogP contribution in [0.5, 0.6) is 0 Å². The molecule has 126 valence electrons. The number of nitrogens with zero attached hydrogens (tertiary/aromatic N) is 3. The van der Waals surface area contributed by atoms with Gasteiger partial charge in [-0.3, -0.25) is 4.79 Å². The molecule has 0 aliphatic heterocycles. The summed E-state index contributed by atoms with van der Waals surface area (Å²) >= 11 is 0. The Morgan fingerprint density at radius 3 is 2.71 bits per heavy atom. The number of carbonyl (C=O) groups is 2. The minimum Gasteiger partial charge on any atom is -0.460 e. The number of aromatic nitrogens is 3. The molecule has 0 bridgehead atoms. The number of carbonyl (C=O) groups excluding carboxylic acids is 2. The molecule has 0 fully saturated rings. The Morgan fingerprint density at radius 2 is 2.04 bits per heavy atom. The van der Waals surface area contributed by atoms with Gasteiger partial charge < -0.3 is 10.1 Å². The lowest BCUT2D eigenvalue weighted by Gasteiger charge is -2.04. The molecule has 0 aliphatic carbocycles. The number of rotatable bonds is 5. The smallest absolute Gasteiger partial charge is 0.332 e. The highest BCUT2D eigenvalue weighted by molar-refractivity contribution is 5.95. The van der Waals surface area contributed by atoms with E-state index in [1.54, 1.807) is 33.0 Å². The van der Waals surface area contributed by atoms with Crippen LogP contribution in [0.25, 0.3) is 17.6 Å². The van der Waals surface area contributed by atoms with Crippen LogP contribution < -0.4 is 5.32 Å². The summed E-state index contributed by atoms with van der Waals surface area (Å²) in [6.45, 7) is 5.46. The fraction of sp³-hybridized carbons (Fsp3) is 0.294.